The summed E-state index contributed by atoms with van der Waals surface area (Å²) in [5.41, 5.74) is 0. The van der Waals surface area contributed by atoms with Crippen molar-refractivity contribution in [2.45, 2.75) is 31.8 Å². The second-order valence-electron chi connectivity index (χ2n) is 5.12. The maximum Gasteiger partial charge on any atom is 0.231 e. The monoisotopic (exact) mass is 283 g/mol. The van der Waals surface area contributed by atoms with Crippen LogP contribution >= 0.6 is 11.6 Å². The van der Waals surface area contributed by atoms with Crippen LogP contribution in [0.1, 0.15) is 25.7 Å². The fourth-order valence-corrected chi connectivity index (χ4v) is 2.75. The van der Waals surface area contributed by atoms with Crippen molar-refractivity contribution >= 4 is 23.5 Å². The Kier molecular flexibility index (Phi) is 3.70. The number of hydrogen-bond acceptors (Lipinski definition) is 6. The van der Waals surface area contributed by atoms with Gasteiger partial charge in [0.25, 0.3) is 0 Å². The Bertz CT molecular complexity index is 444. The van der Waals surface area contributed by atoms with E-state index in [-0.39, 0.29) is 11.4 Å². The third kappa shape index (κ3) is 2.90. The summed E-state index contributed by atoms with van der Waals surface area (Å²) in [6.45, 7) is 3.50. The number of aliphatic hydroxyl groups is 1. The molecule has 104 valence electrons. The fraction of sp³-hybridized carbons (Fsp3) is 0.750. The molecular weight excluding hydrogens is 266 g/mol. The SMILES string of the molecule is OC1CCN(c2nc(Cl)nc(N3CCCC3)n2)CC1. The van der Waals surface area contributed by atoms with Gasteiger partial charge in [0.05, 0.1) is 6.10 Å². The average molecular weight is 284 g/mol. The van der Waals surface area contributed by atoms with Gasteiger partial charge < -0.3 is 14.9 Å². The molecule has 0 bridgehead atoms. The van der Waals surface area contributed by atoms with Crippen molar-refractivity contribution < 1.29 is 5.11 Å². The van der Waals surface area contributed by atoms with Gasteiger partial charge in [0.15, 0.2) is 0 Å². The van der Waals surface area contributed by atoms with Gasteiger partial charge in [-0.2, -0.15) is 15.0 Å². The van der Waals surface area contributed by atoms with Crippen LogP contribution in [0.15, 0.2) is 0 Å². The highest BCUT2D eigenvalue weighted by Crippen LogP contribution is 2.22. The van der Waals surface area contributed by atoms with Crippen molar-refractivity contribution in [2.75, 3.05) is 36.0 Å². The molecule has 0 spiro atoms. The number of hydrogen-bond donors (Lipinski definition) is 1. The zero-order valence-corrected chi connectivity index (χ0v) is 11.6. The topological polar surface area (TPSA) is 65.4 Å². The molecule has 0 unspecified atom stereocenters. The van der Waals surface area contributed by atoms with Gasteiger partial charge in [-0.15, -0.1) is 0 Å². The number of aliphatic hydroxyl groups excluding tert-OH is 1. The lowest BCUT2D eigenvalue weighted by molar-refractivity contribution is 0.145. The molecule has 0 radical (unpaired) electrons. The predicted octanol–water partition coefficient (Wildman–Crippen LogP) is 1.09. The van der Waals surface area contributed by atoms with E-state index in [1.165, 1.54) is 12.8 Å². The molecule has 2 aliphatic heterocycles. The summed E-state index contributed by atoms with van der Waals surface area (Å²) in [4.78, 5) is 17.2. The van der Waals surface area contributed by atoms with Crippen molar-refractivity contribution in [1.29, 1.82) is 0 Å². The summed E-state index contributed by atoms with van der Waals surface area (Å²) in [7, 11) is 0. The van der Waals surface area contributed by atoms with E-state index in [4.69, 9.17) is 11.6 Å². The lowest BCUT2D eigenvalue weighted by Crippen LogP contribution is -2.37. The molecule has 1 N–H and O–H groups in total. The van der Waals surface area contributed by atoms with Crippen molar-refractivity contribution in [3.63, 3.8) is 0 Å². The van der Waals surface area contributed by atoms with E-state index < -0.39 is 0 Å². The van der Waals surface area contributed by atoms with Crippen molar-refractivity contribution in [3.05, 3.63) is 5.28 Å². The van der Waals surface area contributed by atoms with Crippen LogP contribution < -0.4 is 9.80 Å². The van der Waals surface area contributed by atoms with E-state index in [0.717, 1.165) is 39.0 Å². The molecule has 2 aliphatic rings. The van der Waals surface area contributed by atoms with Crippen LogP contribution in [0.25, 0.3) is 0 Å². The molecule has 0 aliphatic carbocycles. The highest BCUT2D eigenvalue weighted by atomic mass is 35.5. The fourth-order valence-electron chi connectivity index (χ4n) is 2.60. The second kappa shape index (κ2) is 5.46. The molecule has 7 heteroatoms. The van der Waals surface area contributed by atoms with E-state index in [2.05, 4.69) is 24.8 Å². The Morgan fingerprint density at radius 1 is 0.895 bits per heavy atom. The van der Waals surface area contributed by atoms with Gasteiger partial charge in [0.1, 0.15) is 0 Å². The van der Waals surface area contributed by atoms with Crippen LogP contribution in [0.5, 0.6) is 0 Å². The quantitative estimate of drug-likeness (QED) is 0.876. The first-order chi connectivity index (χ1) is 9.22. The molecule has 2 fully saturated rings. The van der Waals surface area contributed by atoms with Gasteiger partial charge in [-0.3, -0.25) is 0 Å². The Balaban J connectivity index is 1.80. The van der Waals surface area contributed by atoms with Crippen LogP contribution in [-0.2, 0) is 0 Å². The first kappa shape index (κ1) is 12.9. The number of piperidine rings is 1. The zero-order valence-electron chi connectivity index (χ0n) is 10.8. The van der Waals surface area contributed by atoms with Crippen LogP contribution in [0.4, 0.5) is 11.9 Å². The summed E-state index contributed by atoms with van der Waals surface area (Å²) in [5, 5.41) is 9.79. The third-order valence-electron chi connectivity index (χ3n) is 3.72. The first-order valence-corrected chi connectivity index (χ1v) is 7.20. The van der Waals surface area contributed by atoms with E-state index >= 15 is 0 Å². The minimum Gasteiger partial charge on any atom is -0.393 e. The predicted molar refractivity (Wildman–Crippen MR) is 73.7 cm³/mol. The Labute approximate surface area is 117 Å². The number of nitrogens with zero attached hydrogens (tertiary/aromatic N) is 5. The number of aromatic nitrogens is 3. The smallest absolute Gasteiger partial charge is 0.231 e. The van der Waals surface area contributed by atoms with Crippen LogP contribution in [0, 0.1) is 0 Å². The standard InChI is InChI=1S/C12H18ClN5O/c13-10-14-11(17-5-1-2-6-17)16-12(15-10)18-7-3-9(19)4-8-18/h9,19H,1-8H2. The summed E-state index contributed by atoms with van der Waals surface area (Å²) in [5.74, 6) is 1.31. The summed E-state index contributed by atoms with van der Waals surface area (Å²) in [6.07, 6.45) is 3.65. The average Bonchev–Trinajstić information content (AvgIpc) is 2.93. The summed E-state index contributed by atoms with van der Waals surface area (Å²) >= 11 is 6.01. The third-order valence-corrected chi connectivity index (χ3v) is 3.89. The number of halogens is 1. The van der Waals surface area contributed by atoms with Crippen molar-refractivity contribution in [1.82, 2.24) is 15.0 Å². The minimum atomic E-state index is -0.202. The Hall–Kier alpha value is -1.14. The normalized spacial score (nSPS) is 21.2. The molecule has 19 heavy (non-hydrogen) atoms. The molecule has 3 rings (SSSR count). The van der Waals surface area contributed by atoms with Crippen molar-refractivity contribution in [2.24, 2.45) is 0 Å². The van der Waals surface area contributed by atoms with E-state index in [9.17, 15) is 5.11 Å². The maximum absolute atomic E-state index is 9.54. The zero-order chi connectivity index (χ0) is 13.2. The molecule has 0 atom stereocenters. The van der Waals surface area contributed by atoms with Gasteiger partial charge in [0, 0.05) is 26.2 Å². The van der Waals surface area contributed by atoms with E-state index in [0.29, 0.717) is 11.9 Å². The molecule has 3 heterocycles. The van der Waals surface area contributed by atoms with E-state index in [1.54, 1.807) is 0 Å². The van der Waals surface area contributed by atoms with Gasteiger partial charge in [-0.05, 0) is 37.3 Å². The molecular formula is C12H18ClN5O. The number of rotatable bonds is 2. The Morgan fingerprint density at radius 3 is 2.00 bits per heavy atom. The lowest BCUT2D eigenvalue weighted by Gasteiger charge is -2.30. The Morgan fingerprint density at radius 2 is 1.42 bits per heavy atom. The molecule has 1 aromatic heterocycles. The molecule has 6 nitrogen and oxygen atoms in total. The highest BCUT2D eigenvalue weighted by Gasteiger charge is 2.22. The second-order valence-corrected chi connectivity index (χ2v) is 5.45. The van der Waals surface area contributed by atoms with Gasteiger partial charge >= 0.3 is 0 Å². The maximum atomic E-state index is 9.54. The minimum absolute atomic E-state index is 0.202. The van der Waals surface area contributed by atoms with Crippen LogP contribution in [0.2, 0.25) is 5.28 Å². The van der Waals surface area contributed by atoms with Crippen LogP contribution in [-0.4, -0.2) is 52.3 Å². The van der Waals surface area contributed by atoms with Crippen molar-refractivity contribution in [3.8, 4) is 0 Å². The summed E-state index contributed by atoms with van der Waals surface area (Å²) in [6, 6.07) is 0. The molecule has 0 aromatic carbocycles. The molecule has 0 saturated carbocycles. The lowest BCUT2D eigenvalue weighted by atomic mass is 10.1. The highest BCUT2D eigenvalue weighted by molar-refractivity contribution is 6.28. The van der Waals surface area contributed by atoms with Gasteiger partial charge in [-0.25, -0.2) is 0 Å². The first-order valence-electron chi connectivity index (χ1n) is 6.82. The van der Waals surface area contributed by atoms with E-state index in [1.807, 2.05) is 0 Å². The van der Waals surface area contributed by atoms with Crippen LogP contribution in [0.3, 0.4) is 0 Å². The summed E-state index contributed by atoms with van der Waals surface area (Å²) < 4.78 is 0. The largest absolute Gasteiger partial charge is 0.393 e. The van der Waals surface area contributed by atoms with Gasteiger partial charge in [-0.1, -0.05) is 0 Å². The molecule has 2 saturated heterocycles. The molecule has 0 amide bonds. The van der Waals surface area contributed by atoms with Gasteiger partial charge in [0.2, 0.25) is 17.2 Å². The number of anilines is 2. The molecule has 1 aromatic rings.